The van der Waals surface area contributed by atoms with Crippen molar-refractivity contribution in [1.29, 1.82) is 0 Å². The first kappa shape index (κ1) is 24.7. The number of alkyl halides is 3. The minimum atomic E-state index is -5.08. The van der Waals surface area contributed by atoms with Gasteiger partial charge in [-0.05, 0) is 42.0 Å². The summed E-state index contributed by atoms with van der Waals surface area (Å²) in [6.07, 6.45) is -2.32. The second kappa shape index (κ2) is 9.68. The van der Waals surface area contributed by atoms with Crippen LogP contribution in [0.2, 0.25) is 0 Å². The summed E-state index contributed by atoms with van der Waals surface area (Å²) in [6.45, 7) is 0.0940. The van der Waals surface area contributed by atoms with Gasteiger partial charge in [0.25, 0.3) is 0 Å². The predicted molar refractivity (Wildman–Crippen MR) is 116 cm³/mol. The summed E-state index contributed by atoms with van der Waals surface area (Å²) in [5, 5.41) is 5.31. The molecule has 1 unspecified atom stereocenters. The molecule has 3 heterocycles. The Morgan fingerprint density at radius 3 is 2.61 bits per heavy atom. The Morgan fingerprint density at radius 2 is 1.94 bits per heavy atom. The van der Waals surface area contributed by atoms with E-state index in [9.17, 15) is 27.2 Å². The number of ether oxygens (including phenoxy) is 3. The number of carbonyl (C=O) groups excluding carboxylic acids is 2. The third kappa shape index (κ3) is 5.14. The fourth-order valence-electron chi connectivity index (χ4n) is 3.76. The molecule has 1 aliphatic rings. The topological polar surface area (TPSA) is 112 Å². The summed E-state index contributed by atoms with van der Waals surface area (Å²) in [5.41, 5.74) is -0.861. The van der Waals surface area contributed by atoms with E-state index in [2.05, 4.69) is 30.1 Å². The van der Waals surface area contributed by atoms with Crippen LogP contribution in [0.3, 0.4) is 0 Å². The van der Waals surface area contributed by atoms with Crippen molar-refractivity contribution in [2.45, 2.75) is 18.3 Å². The molecule has 36 heavy (non-hydrogen) atoms. The van der Waals surface area contributed by atoms with Gasteiger partial charge in [0.05, 0.1) is 25.6 Å². The number of hydrogen-bond donors (Lipinski definition) is 2. The van der Waals surface area contributed by atoms with Gasteiger partial charge in [-0.2, -0.15) is 0 Å². The largest absolute Gasteiger partial charge is 0.573 e. The number of aromatic nitrogens is 2. The minimum absolute atomic E-state index is 0.0270. The van der Waals surface area contributed by atoms with E-state index in [1.54, 1.807) is 12.1 Å². The van der Waals surface area contributed by atoms with Gasteiger partial charge in [-0.15, -0.1) is 13.2 Å². The third-order valence-corrected chi connectivity index (χ3v) is 5.30. The smallest absolute Gasteiger partial charge is 0.491 e. The Hall–Kier alpha value is -4.42. The van der Waals surface area contributed by atoms with Crippen LogP contribution >= 0.6 is 0 Å². The molecule has 0 bridgehead atoms. The zero-order valence-electron chi connectivity index (χ0n) is 18.6. The number of anilines is 1. The monoisotopic (exact) mass is 506 g/mol. The number of pyridine rings is 2. The fourth-order valence-corrected chi connectivity index (χ4v) is 3.76. The number of hydrogen-bond acceptors (Lipinski definition) is 7. The first-order valence-corrected chi connectivity index (χ1v) is 10.4. The van der Waals surface area contributed by atoms with Crippen molar-refractivity contribution in [3.05, 3.63) is 77.6 Å². The summed E-state index contributed by atoms with van der Waals surface area (Å²) < 4.78 is 66.4. The van der Waals surface area contributed by atoms with E-state index in [4.69, 9.17) is 4.74 Å². The van der Waals surface area contributed by atoms with Crippen LogP contribution < -0.4 is 20.1 Å². The van der Waals surface area contributed by atoms with Crippen LogP contribution in [0.25, 0.3) is 0 Å². The van der Waals surface area contributed by atoms with Crippen molar-refractivity contribution in [1.82, 2.24) is 15.3 Å². The maximum Gasteiger partial charge on any atom is 0.573 e. The van der Waals surface area contributed by atoms with E-state index >= 15 is 0 Å². The van der Waals surface area contributed by atoms with Gasteiger partial charge in [0.2, 0.25) is 0 Å². The van der Waals surface area contributed by atoms with Crippen LogP contribution in [0, 0.1) is 5.82 Å². The summed E-state index contributed by atoms with van der Waals surface area (Å²) in [6, 6.07) is 8.10. The van der Waals surface area contributed by atoms with Crippen molar-refractivity contribution >= 4 is 17.7 Å². The Balaban J connectivity index is 1.68. The number of fused-ring (bicyclic) bond motifs is 1. The first-order valence-electron chi connectivity index (χ1n) is 10.4. The highest BCUT2D eigenvalue weighted by Gasteiger charge is 2.43. The van der Waals surface area contributed by atoms with Crippen molar-refractivity contribution in [2.75, 3.05) is 19.0 Å². The summed E-state index contributed by atoms with van der Waals surface area (Å²) >= 11 is 0. The molecular weight excluding hydrogens is 488 g/mol. The average molecular weight is 506 g/mol. The number of halogens is 4. The van der Waals surface area contributed by atoms with E-state index < -0.39 is 35.5 Å². The molecule has 0 aliphatic carbocycles. The predicted octanol–water partition coefficient (Wildman–Crippen LogP) is 4.15. The van der Waals surface area contributed by atoms with Gasteiger partial charge in [0.15, 0.2) is 11.6 Å². The molecule has 0 saturated heterocycles. The zero-order chi connectivity index (χ0) is 25.9. The van der Waals surface area contributed by atoms with Crippen LogP contribution in [0.15, 0.2) is 54.9 Å². The molecule has 9 nitrogen and oxygen atoms in total. The normalized spacial score (nSPS) is 16.8. The van der Waals surface area contributed by atoms with E-state index in [-0.39, 0.29) is 35.7 Å². The van der Waals surface area contributed by atoms with E-state index in [0.29, 0.717) is 5.75 Å². The summed E-state index contributed by atoms with van der Waals surface area (Å²) in [4.78, 5) is 32.8. The lowest BCUT2D eigenvalue weighted by Crippen LogP contribution is -2.51. The molecule has 0 radical (unpaired) electrons. The lowest BCUT2D eigenvalue weighted by molar-refractivity contribution is -0.275. The highest BCUT2D eigenvalue weighted by Crippen LogP contribution is 2.41. The lowest BCUT2D eigenvalue weighted by Gasteiger charge is -2.39. The van der Waals surface area contributed by atoms with E-state index in [0.717, 1.165) is 12.1 Å². The molecule has 2 N–H and O–H groups in total. The Labute approximate surface area is 201 Å². The van der Waals surface area contributed by atoms with Gasteiger partial charge in [0.1, 0.15) is 22.7 Å². The quantitative estimate of drug-likeness (QED) is 0.395. The molecule has 2 aromatic heterocycles. The maximum absolute atomic E-state index is 14.6. The molecule has 0 saturated carbocycles. The SMILES string of the molecule is COC(=O)c1ccc(NC(=O)NC2(c3ccc(OC(F)(F)F)c(F)c3)CCOc3cccnc32)cn1. The summed E-state index contributed by atoms with van der Waals surface area (Å²) in [7, 11) is 1.20. The molecule has 3 aromatic rings. The van der Waals surface area contributed by atoms with Crippen LogP contribution in [0.5, 0.6) is 11.5 Å². The second-order valence-corrected chi connectivity index (χ2v) is 7.55. The zero-order valence-corrected chi connectivity index (χ0v) is 18.6. The molecule has 0 spiro atoms. The molecule has 13 heteroatoms. The van der Waals surface area contributed by atoms with Gasteiger partial charge >= 0.3 is 18.4 Å². The fraction of sp³-hybridized carbons (Fsp3) is 0.217. The van der Waals surface area contributed by atoms with E-state index in [1.807, 2.05) is 0 Å². The Kier molecular flexibility index (Phi) is 6.64. The second-order valence-electron chi connectivity index (χ2n) is 7.55. The van der Waals surface area contributed by atoms with Crippen LogP contribution in [0.1, 0.15) is 28.2 Å². The molecular formula is C23H18F4N4O5. The number of rotatable bonds is 5. The number of urea groups is 1. The van der Waals surface area contributed by atoms with Crippen molar-refractivity contribution in [2.24, 2.45) is 0 Å². The van der Waals surface area contributed by atoms with E-state index in [1.165, 1.54) is 37.7 Å². The number of amides is 2. The minimum Gasteiger partial charge on any atom is -0.491 e. The van der Waals surface area contributed by atoms with Crippen LogP contribution in [-0.2, 0) is 10.3 Å². The molecule has 1 aromatic carbocycles. The number of nitrogens with zero attached hydrogens (tertiary/aromatic N) is 2. The number of esters is 1. The van der Waals surface area contributed by atoms with Crippen LogP contribution in [0.4, 0.5) is 28.0 Å². The standard InChI is InChI=1S/C23H18F4N4O5/c1-34-20(32)16-6-5-14(12-29-16)30-21(33)31-22(8-10-35-18-3-2-9-28-19(18)22)13-4-7-17(15(24)11-13)36-23(25,26)27/h2-7,9,11-12H,8,10H2,1H3,(H2,30,31,33). The number of methoxy groups -OCH3 is 1. The van der Waals surface area contributed by atoms with Gasteiger partial charge in [-0.25, -0.2) is 19.0 Å². The summed E-state index contributed by atoms with van der Waals surface area (Å²) in [5.74, 6) is -2.65. The van der Waals surface area contributed by atoms with Gasteiger partial charge in [-0.3, -0.25) is 4.98 Å². The first-order chi connectivity index (χ1) is 17.1. The van der Waals surface area contributed by atoms with Gasteiger partial charge in [0, 0.05) is 12.6 Å². The van der Waals surface area contributed by atoms with Crippen molar-refractivity contribution in [3.8, 4) is 11.5 Å². The highest BCUT2D eigenvalue weighted by molar-refractivity contribution is 5.91. The number of nitrogens with one attached hydrogen (secondary N) is 2. The maximum atomic E-state index is 14.6. The van der Waals surface area contributed by atoms with Gasteiger partial charge < -0.3 is 24.8 Å². The van der Waals surface area contributed by atoms with Crippen LogP contribution in [-0.4, -0.2) is 42.0 Å². The molecule has 188 valence electrons. The lowest BCUT2D eigenvalue weighted by atomic mass is 9.81. The Bertz CT molecular complexity index is 1290. The molecule has 1 atom stereocenters. The van der Waals surface area contributed by atoms with Crippen molar-refractivity contribution < 1.29 is 41.4 Å². The third-order valence-electron chi connectivity index (χ3n) is 5.30. The number of carbonyl (C=O) groups is 2. The molecule has 2 amide bonds. The number of benzene rings is 1. The van der Waals surface area contributed by atoms with Crippen molar-refractivity contribution in [3.63, 3.8) is 0 Å². The molecule has 4 rings (SSSR count). The van der Waals surface area contributed by atoms with Gasteiger partial charge in [-0.1, -0.05) is 6.07 Å². The Morgan fingerprint density at radius 1 is 1.14 bits per heavy atom. The molecule has 0 fully saturated rings. The highest BCUT2D eigenvalue weighted by atomic mass is 19.4. The average Bonchev–Trinajstić information content (AvgIpc) is 2.84. The molecule has 1 aliphatic heterocycles.